The first-order valence-electron chi connectivity index (χ1n) is 11.7. The topological polar surface area (TPSA) is 132 Å². The highest BCUT2D eigenvalue weighted by atomic mass is 32.2. The molecule has 2 aromatic heterocycles. The number of nitro benzene ring substituents is 1. The minimum atomic E-state index is -3.59. The number of nitro groups is 1. The molecule has 1 aliphatic heterocycles. The molecule has 39 heavy (non-hydrogen) atoms. The lowest BCUT2D eigenvalue weighted by Crippen LogP contribution is -2.30. The molecule has 2 N–H and O–H groups in total. The van der Waals surface area contributed by atoms with Gasteiger partial charge < -0.3 is 19.5 Å². The van der Waals surface area contributed by atoms with Crippen LogP contribution in [0.5, 0.6) is 5.75 Å². The van der Waals surface area contributed by atoms with Crippen molar-refractivity contribution in [2.45, 2.75) is 12.1 Å². The number of nitrogens with zero attached hydrogens (tertiary/aromatic N) is 4. The van der Waals surface area contributed by atoms with E-state index in [9.17, 15) is 18.5 Å². The molecule has 0 spiro atoms. The van der Waals surface area contributed by atoms with Crippen LogP contribution in [0.2, 0.25) is 0 Å². The molecule has 11 nitrogen and oxygen atoms in total. The summed E-state index contributed by atoms with van der Waals surface area (Å²) in [6.45, 7) is 0. The number of methoxy groups -OCH3 is 1. The van der Waals surface area contributed by atoms with Crippen LogP contribution in [-0.4, -0.2) is 41.4 Å². The van der Waals surface area contributed by atoms with E-state index in [2.05, 4.69) is 15.0 Å². The standard InChI is InChI=1S/C26H24N6O5S2/c1-37-23-13-12-19(16-21(23)29-39(2,35)36)31-25(24(28-26(31)38)20-6-3-4-14-27-20)22-7-5-15-30(22)17-8-10-18(11-9-17)32(33)34/h3-16,24-25,29H,1-2H3,(H,28,38)/t24-,25-/m0/s1. The fraction of sp³-hybridized carbons (Fsp3) is 0.154. The van der Waals surface area contributed by atoms with Gasteiger partial charge in [0.1, 0.15) is 11.8 Å². The number of sulfonamides is 1. The molecule has 0 saturated carbocycles. The van der Waals surface area contributed by atoms with Gasteiger partial charge in [-0.05, 0) is 66.8 Å². The molecule has 200 valence electrons. The maximum Gasteiger partial charge on any atom is 0.269 e. The molecule has 2 aromatic carbocycles. The summed E-state index contributed by atoms with van der Waals surface area (Å²) in [7, 11) is -2.13. The normalized spacial score (nSPS) is 17.1. The number of anilines is 2. The van der Waals surface area contributed by atoms with Crippen molar-refractivity contribution < 1.29 is 18.1 Å². The minimum absolute atomic E-state index is 0.00621. The lowest BCUT2D eigenvalue weighted by molar-refractivity contribution is -0.384. The third-order valence-corrected chi connectivity index (χ3v) is 7.18. The Hall–Kier alpha value is -4.49. The first-order chi connectivity index (χ1) is 18.7. The second kappa shape index (κ2) is 10.3. The van der Waals surface area contributed by atoms with Crippen LogP contribution in [0.1, 0.15) is 23.5 Å². The molecule has 1 fully saturated rings. The van der Waals surface area contributed by atoms with Crippen molar-refractivity contribution >= 4 is 44.4 Å². The van der Waals surface area contributed by atoms with E-state index in [1.54, 1.807) is 36.5 Å². The van der Waals surface area contributed by atoms with E-state index in [0.29, 0.717) is 16.5 Å². The highest BCUT2D eigenvalue weighted by Crippen LogP contribution is 2.44. The maximum atomic E-state index is 12.0. The molecule has 1 saturated heterocycles. The summed E-state index contributed by atoms with van der Waals surface area (Å²) in [5.74, 6) is 0.356. The van der Waals surface area contributed by atoms with Crippen molar-refractivity contribution in [3.8, 4) is 11.4 Å². The monoisotopic (exact) mass is 564 g/mol. The second-order valence-corrected chi connectivity index (χ2v) is 11.0. The molecule has 13 heteroatoms. The molecule has 4 aromatic rings. The van der Waals surface area contributed by atoms with Crippen molar-refractivity contribution in [1.29, 1.82) is 0 Å². The van der Waals surface area contributed by atoms with Gasteiger partial charge in [-0.1, -0.05) is 6.07 Å². The van der Waals surface area contributed by atoms with E-state index in [1.807, 2.05) is 46.0 Å². The van der Waals surface area contributed by atoms with Crippen molar-refractivity contribution in [2.24, 2.45) is 0 Å². The van der Waals surface area contributed by atoms with Gasteiger partial charge in [-0.3, -0.25) is 19.8 Å². The van der Waals surface area contributed by atoms with Crippen molar-refractivity contribution in [3.05, 3.63) is 107 Å². The highest BCUT2D eigenvalue weighted by molar-refractivity contribution is 7.92. The predicted molar refractivity (Wildman–Crippen MR) is 152 cm³/mol. The van der Waals surface area contributed by atoms with Gasteiger partial charge in [-0.15, -0.1) is 0 Å². The Kier molecular flexibility index (Phi) is 6.93. The van der Waals surface area contributed by atoms with Crippen LogP contribution in [-0.2, 0) is 10.0 Å². The average molecular weight is 565 g/mol. The number of benzene rings is 2. The van der Waals surface area contributed by atoms with E-state index >= 15 is 0 Å². The Bertz CT molecular complexity index is 1640. The Labute approximate surface area is 230 Å². The van der Waals surface area contributed by atoms with Gasteiger partial charge in [0.2, 0.25) is 10.0 Å². The SMILES string of the molecule is COc1ccc(N2C(=S)N[C@@H](c3ccccn3)[C@@H]2c2cccn2-c2ccc([N+](=O)[O-])cc2)cc1NS(C)(=O)=O. The number of ether oxygens (including phenoxy) is 1. The quantitative estimate of drug-likeness (QED) is 0.182. The lowest BCUT2D eigenvalue weighted by atomic mass is 10.0. The zero-order valence-electron chi connectivity index (χ0n) is 20.9. The third-order valence-electron chi connectivity index (χ3n) is 6.28. The molecule has 1 aliphatic rings. The minimum Gasteiger partial charge on any atom is -0.495 e. The van der Waals surface area contributed by atoms with Crippen molar-refractivity contribution in [2.75, 3.05) is 23.0 Å². The van der Waals surface area contributed by atoms with Crippen LogP contribution in [0.4, 0.5) is 17.1 Å². The van der Waals surface area contributed by atoms with Gasteiger partial charge in [0, 0.05) is 41.6 Å². The van der Waals surface area contributed by atoms with E-state index in [1.165, 1.54) is 19.2 Å². The number of aromatic nitrogens is 2. The Morgan fingerprint density at radius 1 is 1.08 bits per heavy atom. The molecular formula is C26H24N6O5S2. The summed E-state index contributed by atoms with van der Waals surface area (Å²) < 4.78 is 33.9. The van der Waals surface area contributed by atoms with Gasteiger partial charge in [0.05, 0.1) is 35.7 Å². The number of hydrogen-bond donors (Lipinski definition) is 2. The van der Waals surface area contributed by atoms with Crippen LogP contribution >= 0.6 is 12.2 Å². The van der Waals surface area contributed by atoms with Crippen LogP contribution < -0.4 is 19.7 Å². The summed E-state index contributed by atoms with van der Waals surface area (Å²) in [4.78, 5) is 17.2. The number of nitrogens with one attached hydrogen (secondary N) is 2. The maximum absolute atomic E-state index is 12.0. The van der Waals surface area contributed by atoms with Crippen LogP contribution in [0, 0.1) is 10.1 Å². The molecule has 0 amide bonds. The summed E-state index contributed by atoms with van der Waals surface area (Å²) >= 11 is 5.80. The van der Waals surface area contributed by atoms with E-state index in [4.69, 9.17) is 17.0 Å². The van der Waals surface area contributed by atoms with E-state index < -0.39 is 21.0 Å². The smallest absolute Gasteiger partial charge is 0.269 e. The number of rotatable bonds is 8. The summed E-state index contributed by atoms with van der Waals surface area (Å²) in [6.07, 6.45) is 4.64. The Balaban J connectivity index is 1.65. The molecule has 5 rings (SSSR count). The largest absolute Gasteiger partial charge is 0.495 e. The average Bonchev–Trinajstić information content (AvgIpc) is 3.52. The number of pyridine rings is 1. The number of hydrogen-bond acceptors (Lipinski definition) is 7. The number of thiocarbonyl (C=S) groups is 1. The first-order valence-corrected chi connectivity index (χ1v) is 14.0. The molecular weight excluding hydrogens is 540 g/mol. The molecule has 3 heterocycles. The van der Waals surface area contributed by atoms with Gasteiger partial charge in [0.25, 0.3) is 5.69 Å². The highest BCUT2D eigenvalue weighted by Gasteiger charge is 2.42. The van der Waals surface area contributed by atoms with Crippen LogP contribution in [0.3, 0.4) is 0 Å². The van der Waals surface area contributed by atoms with Crippen molar-refractivity contribution in [3.63, 3.8) is 0 Å². The molecule has 0 radical (unpaired) electrons. The first kappa shape index (κ1) is 26.1. The van der Waals surface area contributed by atoms with E-state index in [-0.39, 0.29) is 17.4 Å². The Morgan fingerprint density at radius 2 is 1.82 bits per heavy atom. The third kappa shape index (κ3) is 5.26. The molecule has 2 atom stereocenters. The lowest BCUT2D eigenvalue weighted by Gasteiger charge is -2.29. The van der Waals surface area contributed by atoms with Gasteiger partial charge in [0.15, 0.2) is 5.11 Å². The summed E-state index contributed by atoms with van der Waals surface area (Å²) in [5.41, 5.74) is 3.21. The molecule has 0 aliphatic carbocycles. The Morgan fingerprint density at radius 3 is 2.46 bits per heavy atom. The van der Waals surface area contributed by atoms with Gasteiger partial charge in [-0.25, -0.2) is 8.42 Å². The van der Waals surface area contributed by atoms with E-state index in [0.717, 1.165) is 23.3 Å². The zero-order valence-corrected chi connectivity index (χ0v) is 22.5. The predicted octanol–water partition coefficient (Wildman–Crippen LogP) is 4.34. The van der Waals surface area contributed by atoms with Crippen molar-refractivity contribution in [1.82, 2.24) is 14.9 Å². The second-order valence-electron chi connectivity index (χ2n) is 8.83. The fourth-order valence-corrected chi connectivity index (χ4v) is 5.57. The van der Waals surface area contributed by atoms with Gasteiger partial charge >= 0.3 is 0 Å². The summed E-state index contributed by atoms with van der Waals surface area (Å²) in [6, 6.07) is 20.1. The van der Waals surface area contributed by atoms with Gasteiger partial charge in [-0.2, -0.15) is 0 Å². The molecule has 0 unspecified atom stereocenters. The summed E-state index contributed by atoms with van der Waals surface area (Å²) in [5, 5.41) is 15.0. The molecule has 0 bridgehead atoms. The zero-order chi connectivity index (χ0) is 27.7. The van der Waals surface area contributed by atoms with Crippen LogP contribution in [0.25, 0.3) is 5.69 Å². The van der Waals surface area contributed by atoms with Crippen LogP contribution in [0.15, 0.2) is 85.2 Å². The fourth-order valence-electron chi connectivity index (χ4n) is 4.66. The number of non-ortho nitro benzene ring substituents is 1.